The number of benzene rings is 1. The summed E-state index contributed by atoms with van der Waals surface area (Å²) in [4.78, 5) is 32.6. The molecule has 3 fully saturated rings. The Balaban J connectivity index is 1.44. The Kier molecular flexibility index (Phi) is 4.28. The van der Waals surface area contributed by atoms with E-state index in [0.29, 0.717) is 11.0 Å². The fourth-order valence-electron chi connectivity index (χ4n) is 5.72. The third-order valence-corrected chi connectivity index (χ3v) is 7.81. The molecule has 2 bridgehead atoms. The van der Waals surface area contributed by atoms with Gasteiger partial charge >= 0.3 is 0 Å². The second-order valence-corrected chi connectivity index (χ2v) is 9.94. The summed E-state index contributed by atoms with van der Waals surface area (Å²) in [6, 6.07) is 8.37. The summed E-state index contributed by atoms with van der Waals surface area (Å²) in [7, 11) is 0. The first-order chi connectivity index (χ1) is 13.9. The zero-order chi connectivity index (χ0) is 20.4. The first-order valence-electron chi connectivity index (χ1n) is 10.5. The van der Waals surface area contributed by atoms with Crippen LogP contribution in [0.15, 0.2) is 40.8 Å². The lowest BCUT2D eigenvalue weighted by molar-refractivity contribution is -0.123. The van der Waals surface area contributed by atoms with Gasteiger partial charge in [-0.2, -0.15) is 0 Å². The van der Waals surface area contributed by atoms with E-state index in [1.807, 2.05) is 5.38 Å². The molecule has 1 aromatic carbocycles. The minimum absolute atomic E-state index is 0.0398. The molecular formula is C24H26N2O2S. The van der Waals surface area contributed by atoms with Crippen LogP contribution in [0.1, 0.15) is 52.0 Å². The number of fused-ring (bicyclic) bond motifs is 5. The Morgan fingerprint density at radius 3 is 2.14 bits per heavy atom. The first-order valence-corrected chi connectivity index (χ1v) is 11.4. The molecular weight excluding hydrogens is 380 g/mol. The monoisotopic (exact) mass is 406 g/mol. The molecule has 3 aliphatic rings. The molecule has 29 heavy (non-hydrogen) atoms. The summed E-state index contributed by atoms with van der Waals surface area (Å²) >= 11 is 1.39. The van der Waals surface area contributed by atoms with Gasteiger partial charge in [0.05, 0.1) is 17.5 Å². The van der Waals surface area contributed by atoms with Crippen molar-refractivity contribution in [1.82, 2.24) is 4.98 Å². The molecule has 4 nitrogen and oxygen atoms in total. The molecule has 2 aromatic rings. The van der Waals surface area contributed by atoms with Gasteiger partial charge in [0, 0.05) is 10.9 Å². The van der Waals surface area contributed by atoms with Crippen molar-refractivity contribution in [3.8, 4) is 11.3 Å². The summed E-state index contributed by atoms with van der Waals surface area (Å²) in [6.07, 6.45) is 2.06. The number of anilines is 1. The van der Waals surface area contributed by atoms with Crippen LogP contribution in [0.2, 0.25) is 0 Å². The molecule has 0 N–H and O–H groups in total. The van der Waals surface area contributed by atoms with E-state index in [9.17, 15) is 9.59 Å². The molecule has 1 saturated heterocycles. The van der Waals surface area contributed by atoms with Crippen LogP contribution in [-0.2, 0) is 9.59 Å². The Morgan fingerprint density at radius 1 is 1.03 bits per heavy atom. The van der Waals surface area contributed by atoms with Crippen molar-refractivity contribution < 1.29 is 9.59 Å². The number of allylic oxidation sites excluding steroid dienone is 2. The molecule has 1 aliphatic heterocycles. The minimum atomic E-state index is -0.177. The lowest BCUT2D eigenvalue weighted by atomic mass is 9.81. The maximum atomic E-state index is 13.3. The molecule has 0 spiro atoms. The zero-order valence-corrected chi connectivity index (χ0v) is 18.1. The maximum Gasteiger partial charge on any atom is 0.240 e. The average Bonchev–Trinajstić information content (AvgIpc) is 3.44. The van der Waals surface area contributed by atoms with Crippen molar-refractivity contribution in [2.45, 2.75) is 46.5 Å². The van der Waals surface area contributed by atoms with E-state index in [-0.39, 0.29) is 35.5 Å². The molecule has 2 aliphatic carbocycles. The minimum Gasteiger partial charge on any atom is -0.274 e. The molecule has 150 valence electrons. The van der Waals surface area contributed by atoms with E-state index >= 15 is 0 Å². The Morgan fingerprint density at radius 2 is 1.62 bits per heavy atom. The van der Waals surface area contributed by atoms with Crippen LogP contribution in [-0.4, -0.2) is 16.8 Å². The molecule has 2 saturated carbocycles. The normalized spacial score (nSPS) is 28.0. The maximum absolute atomic E-state index is 13.3. The number of carbonyl (C=O) groups excluding carboxylic acids is 2. The lowest BCUT2D eigenvalue weighted by Gasteiger charge is -2.18. The third-order valence-electron chi connectivity index (χ3n) is 6.99. The second kappa shape index (κ2) is 6.63. The van der Waals surface area contributed by atoms with E-state index in [0.717, 1.165) is 24.1 Å². The highest BCUT2D eigenvalue weighted by molar-refractivity contribution is 7.14. The van der Waals surface area contributed by atoms with Gasteiger partial charge in [0.25, 0.3) is 0 Å². The summed E-state index contributed by atoms with van der Waals surface area (Å²) in [5.41, 5.74) is 5.80. The molecule has 4 atom stereocenters. The van der Waals surface area contributed by atoms with Crippen molar-refractivity contribution in [1.29, 1.82) is 0 Å². The van der Waals surface area contributed by atoms with Crippen LogP contribution in [0.4, 0.5) is 5.13 Å². The predicted molar refractivity (Wildman–Crippen MR) is 116 cm³/mol. The van der Waals surface area contributed by atoms with E-state index in [4.69, 9.17) is 0 Å². The number of aromatic nitrogens is 1. The summed E-state index contributed by atoms with van der Waals surface area (Å²) in [5, 5.41) is 2.47. The predicted octanol–water partition coefficient (Wildman–Crippen LogP) is 5.42. The van der Waals surface area contributed by atoms with E-state index < -0.39 is 0 Å². The fraction of sp³-hybridized carbons (Fsp3) is 0.458. The van der Waals surface area contributed by atoms with Gasteiger partial charge in [-0.25, -0.2) is 9.88 Å². The number of nitrogens with zero attached hydrogens (tertiary/aromatic N) is 2. The average molecular weight is 407 g/mol. The number of amides is 2. The van der Waals surface area contributed by atoms with Crippen molar-refractivity contribution in [3.63, 3.8) is 0 Å². The standard InChI is InChI=1S/C24H26N2O2S/c1-12(2)14-5-7-15(8-6-14)18-11-29-24(25-18)26-22(27)20-16-9-10-17(19(16)13(3)4)21(20)23(26)28/h5-8,11-12,16-17,20-21H,9-10H2,1-4H3/t16-,17-,20-,21+/m1/s1. The molecule has 2 heterocycles. The number of carbonyl (C=O) groups is 2. The second-order valence-electron chi connectivity index (χ2n) is 9.10. The Hall–Kier alpha value is -2.27. The first kappa shape index (κ1) is 18.7. The molecule has 0 radical (unpaired) electrons. The van der Waals surface area contributed by atoms with Crippen LogP contribution >= 0.6 is 11.3 Å². The summed E-state index contributed by atoms with van der Waals surface area (Å²) in [6.45, 7) is 8.58. The van der Waals surface area contributed by atoms with Crippen LogP contribution in [0.25, 0.3) is 11.3 Å². The highest BCUT2D eigenvalue weighted by atomic mass is 32.1. The number of imide groups is 1. The summed E-state index contributed by atoms with van der Waals surface area (Å²) < 4.78 is 0. The van der Waals surface area contributed by atoms with Crippen LogP contribution in [0, 0.1) is 23.7 Å². The molecule has 5 heteroatoms. The highest BCUT2D eigenvalue weighted by Gasteiger charge is 2.64. The quantitative estimate of drug-likeness (QED) is 0.505. The van der Waals surface area contributed by atoms with Crippen molar-refractivity contribution in [2.24, 2.45) is 23.7 Å². The molecule has 0 unspecified atom stereocenters. The topological polar surface area (TPSA) is 50.3 Å². The van der Waals surface area contributed by atoms with Gasteiger partial charge in [0.1, 0.15) is 0 Å². The van der Waals surface area contributed by atoms with Crippen LogP contribution in [0.5, 0.6) is 0 Å². The van der Waals surface area contributed by atoms with Crippen molar-refractivity contribution in [3.05, 3.63) is 46.4 Å². The molecule has 1 aromatic heterocycles. The van der Waals surface area contributed by atoms with Crippen LogP contribution < -0.4 is 4.90 Å². The van der Waals surface area contributed by atoms with E-state index in [1.54, 1.807) is 0 Å². The SMILES string of the molecule is CC(C)=C1[C@H]2CC[C@H]1[C@H]1C(=O)N(c3nc(-c4ccc(C(C)C)cc4)cs3)C(=O)[C@H]12. The summed E-state index contributed by atoms with van der Waals surface area (Å²) in [5.74, 6) is 0.547. The van der Waals surface area contributed by atoms with E-state index in [1.165, 1.54) is 32.9 Å². The largest absolute Gasteiger partial charge is 0.274 e. The molecule has 5 rings (SSSR count). The van der Waals surface area contributed by atoms with Gasteiger partial charge in [0.2, 0.25) is 11.8 Å². The zero-order valence-electron chi connectivity index (χ0n) is 17.3. The third kappa shape index (κ3) is 2.67. The number of hydrogen-bond donors (Lipinski definition) is 0. The number of thiazole rings is 1. The Labute approximate surface area is 175 Å². The smallest absolute Gasteiger partial charge is 0.240 e. The highest BCUT2D eigenvalue weighted by Crippen LogP contribution is 2.60. The Bertz CT molecular complexity index is 997. The number of rotatable bonds is 3. The van der Waals surface area contributed by atoms with Crippen molar-refractivity contribution in [2.75, 3.05) is 4.90 Å². The fourth-order valence-corrected chi connectivity index (χ4v) is 6.56. The van der Waals surface area contributed by atoms with Gasteiger partial charge in [0.15, 0.2) is 5.13 Å². The van der Waals surface area contributed by atoms with Gasteiger partial charge < -0.3 is 0 Å². The van der Waals surface area contributed by atoms with Crippen molar-refractivity contribution >= 4 is 28.3 Å². The van der Waals surface area contributed by atoms with Gasteiger partial charge in [-0.15, -0.1) is 11.3 Å². The van der Waals surface area contributed by atoms with Gasteiger partial charge in [-0.05, 0) is 50.0 Å². The lowest BCUT2D eigenvalue weighted by Crippen LogP contribution is -2.33. The number of hydrogen-bond acceptors (Lipinski definition) is 4. The van der Waals surface area contributed by atoms with Crippen LogP contribution in [0.3, 0.4) is 0 Å². The van der Waals surface area contributed by atoms with Gasteiger partial charge in [-0.3, -0.25) is 9.59 Å². The van der Waals surface area contributed by atoms with Gasteiger partial charge in [-0.1, -0.05) is 49.3 Å². The van der Waals surface area contributed by atoms with E-state index in [2.05, 4.69) is 56.9 Å². The molecule has 2 amide bonds.